The Morgan fingerprint density at radius 3 is 2.09 bits per heavy atom. The van der Waals surface area contributed by atoms with Crippen molar-refractivity contribution in [1.82, 2.24) is 0 Å². The minimum absolute atomic E-state index is 0.132. The Morgan fingerprint density at radius 1 is 0.870 bits per heavy atom. The molecule has 116 valence electrons. The van der Waals surface area contributed by atoms with Crippen molar-refractivity contribution in [2.75, 3.05) is 5.75 Å². The average molecular weight is 326 g/mol. The van der Waals surface area contributed by atoms with Crippen molar-refractivity contribution in [2.45, 2.75) is 4.90 Å². The van der Waals surface area contributed by atoms with E-state index in [0.29, 0.717) is 11.1 Å². The van der Waals surface area contributed by atoms with Crippen LogP contribution >= 0.6 is 0 Å². The van der Waals surface area contributed by atoms with Crippen LogP contribution in [-0.4, -0.2) is 14.2 Å². The number of allylic oxidation sites excluding steroid dienone is 5. The van der Waals surface area contributed by atoms with Gasteiger partial charge in [-0.05, 0) is 41.0 Å². The van der Waals surface area contributed by atoms with Gasteiger partial charge >= 0.3 is 0 Å². The van der Waals surface area contributed by atoms with E-state index in [0.717, 1.165) is 5.57 Å². The van der Waals surface area contributed by atoms with Gasteiger partial charge in [0.15, 0.2) is 9.84 Å². The van der Waals surface area contributed by atoms with E-state index in [1.54, 1.807) is 42.5 Å². The standard InChI is InChI=1S/C19H15FO2S/c20-17-12-10-16(11-13-17)19(15-6-4-5-7-15)14-23(21,22)18-8-2-1-3-9-18/h1-13H,14H2. The van der Waals surface area contributed by atoms with E-state index in [1.807, 2.05) is 24.3 Å². The fourth-order valence-electron chi connectivity index (χ4n) is 2.46. The first-order chi connectivity index (χ1) is 11.1. The summed E-state index contributed by atoms with van der Waals surface area (Å²) < 4.78 is 38.5. The van der Waals surface area contributed by atoms with Crippen molar-refractivity contribution in [3.8, 4) is 0 Å². The molecule has 1 aliphatic rings. The van der Waals surface area contributed by atoms with Gasteiger partial charge in [-0.3, -0.25) is 0 Å². The molecule has 0 N–H and O–H groups in total. The lowest BCUT2D eigenvalue weighted by Crippen LogP contribution is -2.09. The molecule has 0 amide bonds. The summed E-state index contributed by atoms with van der Waals surface area (Å²) >= 11 is 0. The van der Waals surface area contributed by atoms with Gasteiger partial charge in [0, 0.05) is 0 Å². The number of sulfone groups is 1. The highest BCUT2D eigenvalue weighted by Gasteiger charge is 2.19. The van der Waals surface area contributed by atoms with E-state index in [1.165, 1.54) is 12.1 Å². The lowest BCUT2D eigenvalue weighted by molar-refractivity contribution is 0.599. The van der Waals surface area contributed by atoms with Gasteiger partial charge in [0.2, 0.25) is 0 Å². The van der Waals surface area contributed by atoms with Crippen LogP contribution < -0.4 is 0 Å². The van der Waals surface area contributed by atoms with Gasteiger partial charge in [-0.2, -0.15) is 0 Å². The summed E-state index contributed by atoms with van der Waals surface area (Å²) in [4.78, 5) is 0.283. The zero-order valence-corrected chi connectivity index (χ0v) is 13.1. The quantitative estimate of drug-likeness (QED) is 0.845. The average Bonchev–Trinajstić information content (AvgIpc) is 3.09. The SMILES string of the molecule is O=S(=O)(CC(=C1C=CC=C1)c1ccc(F)cc1)c1ccccc1. The normalized spacial score (nSPS) is 13.5. The molecular formula is C19H15FO2S. The van der Waals surface area contributed by atoms with Crippen LogP contribution in [0.1, 0.15) is 5.56 Å². The smallest absolute Gasteiger partial charge is 0.182 e. The molecule has 3 rings (SSSR count). The molecule has 2 nitrogen and oxygen atoms in total. The van der Waals surface area contributed by atoms with E-state index >= 15 is 0 Å². The highest BCUT2D eigenvalue weighted by Crippen LogP contribution is 2.27. The van der Waals surface area contributed by atoms with E-state index in [9.17, 15) is 12.8 Å². The van der Waals surface area contributed by atoms with Crippen molar-refractivity contribution in [2.24, 2.45) is 0 Å². The molecule has 0 fully saturated rings. The van der Waals surface area contributed by atoms with Crippen LogP contribution in [0.2, 0.25) is 0 Å². The molecule has 0 saturated heterocycles. The van der Waals surface area contributed by atoms with Crippen LogP contribution in [0.5, 0.6) is 0 Å². The molecule has 0 atom stereocenters. The maximum Gasteiger partial charge on any atom is 0.182 e. The molecule has 0 radical (unpaired) electrons. The number of hydrogen-bond acceptors (Lipinski definition) is 2. The molecule has 0 saturated carbocycles. The maximum atomic E-state index is 13.2. The first kappa shape index (κ1) is 15.4. The van der Waals surface area contributed by atoms with Gasteiger partial charge in [0.1, 0.15) is 5.82 Å². The van der Waals surface area contributed by atoms with Crippen LogP contribution in [-0.2, 0) is 9.84 Å². The Bertz CT molecular complexity index is 876. The number of benzene rings is 2. The predicted octanol–water partition coefficient (Wildman–Crippen LogP) is 4.18. The molecule has 0 heterocycles. The van der Waals surface area contributed by atoms with Crippen LogP contribution in [0.25, 0.3) is 5.57 Å². The zero-order valence-electron chi connectivity index (χ0n) is 12.3. The van der Waals surface area contributed by atoms with Gasteiger partial charge in [0.25, 0.3) is 0 Å². The van der Waals surface area contributed by atoms with Gasteiger partial charge in [-0.15, -0.1) is 0 Å². The van der Waals surface area contributed by atoms with Crippen LogP contribution in [0.4, 0.5) is 4.39 Å². The van der Waals surface area contributed by atoms with Crippen molar-refractivity contribution in [1.29, 1.82) is 0 Å². The van der Waals surface area contributed by atoms with Crippen molar-refractivity contribution < 1.29 is 12.8 Å². The summed E-state index contributed by atoms with van der Waals surface area (Å²) in [6, 6.07) is 14.3. The number of rotatable bonds is 4. The fraction of sp³-hybridized carbons (Fsp3) is 0.0526. The minimum Gasteiger partial charge on any atom is -0.223 e. The van der Waals surface area contributed by atoms with E-state index in [-0.39, 0.29) is 16.5 Å². The third kappa shape index (κ3) is 3.48. The van der Waals surface area contributed by atoms with E-state index < -0.39 is 9.84 Å². The van der Waals surface area contributed by atoms with Crippen molar-refractivity contribution >= 4 is 15.4 Å². The summed E-state index contributed by atoms with van der Waals surface area (Å²) in [7, 11) is -3.47. The Balaban J connectivity index is 2.05. The summed E-state index contributed by atoms with van der Waals surface area (Å²) in [6.45, 7) is 0. The lowest BCUT2D eigenvalue weighted by Gasteiger charge is -2.12. The topological polar surface area (TPSA) is 34.1 Å². The molecule has 2 aromatic carbocycles. The van der Waals surface area contributed by atoms with Gasteiger partial charge in [0.05, 0.1) is 10.6 Å². The van der Waals surface area contributed by atoms with Crippen molar-refractivity contribution in [3.63, 3.8) is 0 Å². The first-order valence-corrected chi connectivity index (χ1v) is 8.83. The third-order valence-electron chi connectivity index (χ3n) is 3.64. The molecule has 0 aromatic heterocycles. The molecule has 2 aromatic rings. The summed E-state index contributed by atoms with van der Waals surface area (Å²) in [5.41, 5.74) is 2.20. The van der Waals surface area contributed by atoms with Crippen molar-refractivity contribution in [3.05, 3.63) is 95.9 Å². The first-order valence-electron chi connectivity index (χ1n) is 7.18. The number of hydrogen-bond donors (Lipinski definition) is 0. The van der Waals surface area contributed by atoms with Gasteiger partial charge < -0.3 is 0 Å². The monoisotopic (exact) mass is 326 g/mol. The molecular weight excluding hydrogens is 311 g/mol. The second-order valence-electron chi connectivity index (χ2n) is 5.23. The Hall–Kier alpha value is -2.46. The largest absolute Gasteiger partial charge is 0.223 e. The predicted molar refractivity (Wildman–Crippen MR) is 90.1 cm³/mol. The lowest BCUT2D eigenvalue weighted by atomic mass is 10.0. The Labute approximate surface area is 135 Å². The fourth-order valence-corrected chi connectivity index (χ4v) is 3.91. The molecule has 0 aliphatic heterocycles. The Morgan fingerprint density at radius 2 is 1.48 bits per heavy atom. The summed E-state index contributed by atoms with van der Waals surface area (Å²) in [6.07, 6.45) is 7.43. The minimum atomic E-state index is -3.47. The number of halogens is 1. The molecule has 4 heteroatoms. The van der Waals surface area contributed by atoms with Crippen LogP contribution in [0.15, 0.2) is 89.4 Å². The summed E-state index contributed by atoms with van der Waals surface area (Å²) in [5, 5.41) is 0. The third-order valence-corrected chi connectivity index (χ3v) is 5.30. The highest BCUT2D eigenvalue weighted by molar-refractivity contribution is 7.91. The molecule has 23 heavy (non-hydrogen) atoms. The molecule has 1 aliphatic carbocycles. The second kappa shape index (κ2) is 6.34. The highest BCUT2D eigenvalue weighted by atomic mass is 32.2. The second-order valence-corrected chi connectivity index (χ2v) is 7.22. The molecule has 0 bridgehead atoms. The van der Waals surface area contributed by atoms with Crippen LogP contribution in [0.3, 0.4) is 0 Å². The van der Waals surface area contributed by atoms with E-state index in [2.05, 4.69) is 0 Å². The van der Waals surface area contributed by atoms with E-state index in [4.69, 9.17) is 0 Å². The van der Waals surface area contributed by atoms with Gasteiger partial charge in [-0.1, -0.05) is 54.6 Å². The zero-order chi connectivity index (χ0) is 16.3. The molecule has 0 unspecified atom stereocenters. The van der Waals surface area contributed by atoms with Crippen LogP contribution in [0, 0.1) is 5.82 Å². The molecule has 0 spiro atoms. The maximum absolute atomic E-state index is 13.2. The Kier molecular flexibility index (Phi) is 4.26. The van der Waals surface area contributed by atoms with Gasteiger partial charge in [-0.25, -0.2) is 12.8 Å². The summed E-state index contributed by atoms with van der Waals surface area (Å²) in [5.74, 6) is -0.478.